The van der Waals surface area contributed by atoms with Crippen LogP contribution in [-0.2, 0) is 6.54 Å². The zero-order valence-corrected chi connectivity index (χ0v) is 12.4. The Morgan fingerprint density at radius 2 is 1.73 bits per heavy atom. The predicted molar refractivity (Wildman–Crippen MR) is 92.0 cm³/mol. The van der Waals surface area contributed by atoms with E-state index in [9.17, 15) is 0 Å². The molecule has 2 aliphatic rings. The first-order valence-corrected chi connectivity index (χ1v) is 7.61. The van der Waals surface area contributed by atoms with Gasteiger partial charge >= 0.3 is 0 Å². The van der Waals surface area contributed by atoms with Gasteiger partial charge in [0.05, 0.1) is 5.69 Å². The fourth-order valence-corrected chi connectivity index (χ4v) is 3.22. The number of fused-ring (bicyclic) bond motifs is 2. The number of nitrogens with zero attached hydrogens (tertiary/aromatic N) is 1. The van der Waals surface area contributed by atoms with Gasteiger partial charge in [0.2, 0.25) is 0 Å². The smallest absolute Gasteiger partial charge is 0.0508 e. The molecule has 22 heavy (non-hydrogen) atoms. The van der Waals surface area contributed by atoms with Gasteiger partial charge in [0, 0.05) is 29.1 Å². The third-order valence-corrected chi connectivity index (χ3v) is 4.31. The second kappa shape index (κ2) is 5.23. The summed E-state index contributed by atoms with van der Waals surface area (Å²) in [6.45, 7) is 0.855. The SMILES string of the molecule is NC1=C2CC=CC=C2N(Cc2ccccc2)c2ccccc21. The molecule has 0 aromatic heterocycles. The molecule has 2 nitrogen and oxygen atoms in total. The number of hydrogen-bond donors (Lipinski definition) is 1. The molecule has 0 saturated heterocycles. The number of benzene rings is 2. The van der Waals surface area contributed by atoms with Crippen LogP contribution in [0.3, 0.4) is 0 Å². The lowest BCUT2D eigenvalue weighted by Gasteiger charge is -2.36. The van der Waals surface area contributed by atoms with Crippen molar-refractivity contribution in [1.82, 2.24) is 0 Å². The first kappa shape index (κ1) is 13.0. The van der Waals surface area contributed by atoms with Crippen molar-refractivity contribution < 1.29 is 0 Å². The Hall–Kier alpha value is -2.74. The minimum atomic E-state index is 0.855. The first-order chi connectivity index (χ1) is 10.8. The van der Waals surface area contributed by atoms with Gasteiger partial charge in [-0.3, -0.25) is 0 Å². The topological polar surface area (TPSA) is 29.3 Å². The van der Waals surface area contributed by atoms with Gasteiger partial charge in [-0.05, 0) is 24.1 Å². The molecule has 1 aliphatic heterocycles. The van der Waals surface area contributed by atoms with Crippen LogP contribution in [0, 0.1) is 0 Å². The van der Waals surface area contributed by atoms with E-state index in [0.29, 0.717) is 0 Å². The molecule has 1 aliphatic carbocycles. The molecule has 108 valence electrons. The van der Waals surface area contributed by atoms with Crippen LogP contribution in [-0.4, -0.2) is 0 Å². The highest BCUT2D eigenvalue weighted by Gasteiger charge is 2.27. The number of nitrogens with two attached hydrogens (primary N) is 1. The van der Waals surface area contributed by atoms with Crippen molar-refractivity contribution in [2.75, 3.05) is 4.90 Å². The van der Waals surface area contributed by atoms with Crippen LogP contribution in [0.15, 0.2) is 84.1 Å². The molecule has 1 heterocycles. The average Bonchev–Trinajstić information content (AvgIpc) is 2.59. The summed E-state index contributed by atoms with van der Waals surface area (Å²) in [6.07, 6.45) is 7.36. The normalized spacial score (nSPS) is 16.2. The van der Waals surface area contributed by atoms with Crippen LogP contribution in [0.1, 0.15) is 17.5 Å². The summed E-state index contributed by atoms with van der Waals surface area (Å²) in [5, 5.41) is 0. The Morgan fingerprint density at radius 3 is 2.59 bits per heavy atom. The monoisotopic (exact) mass is 286 g/mol. The summed E-state index contributed by atoms with van der Waals surface area (Å²) < 4.78 is 0. The lowest BCUT2D eigenvalue weighted by atomic mass is 9.91. The van der Waals surface area contributed by atoms with E-state index in [1.54, 1.807) is 0 Å². The van der Waals surface area contributed by atoms with Crippen molar-refractivity contribution in [1.29, 1.82) is 0 Å². The highest BCUT2D eigenvalue weighted by atomic mass is 15.2. The van der Waals surface area contributed by atoms with E-state index < -0.39 is 0 Å². The first-order valence-electron chi connectivity index (χ1n) is 7.61. The highest BCUT2D eigenvalue weighted by molar-refractivity contribution is 5.86. The molecule has 2 aromatic carbocycles. The van der Waals surface area contributed by atoms with Gasteiger partial charge in [-0.1, -0.05) is 60.7 Å². The third-order valence-electron chi connectivity index (χ3n) is 4.31. The maximum absolute atomic E-state index is 6.43. The van der Waals surface area contributed by atoms with Crippen molar-refractivity contribution in [3.05, 3.63) is 95.2 Å². The molecule has 0 radical (unpaired) electrons. The second-order valence-corrected chi connectivity index (χ2v) is 5.67. The Labute approximate surface area is 130 Å². The maximum Gasteiger partial charge on any atom is 0.0508 e. The van der Waals surface area contributed by atoms with Crippen molar-refractivity contribution >= 4 is 11.4 Å². The minimum absolute atomic E-state index is 0.855. The average molecular weight is 286 g/mol. The molecule has 0 bridgehead atoms. The highest BCUT2D eigenvalue weighted by Crippen LogP contribution is 2.41. The number of hydrogen-bond acceptors (Lipinski definition) is 2. The second-order valence-electron chi connectivity index (χ2n) is 5.67. The van der Waals surface area contributed by atoms with Crippen LogP contribution in [0.4, 0.5) is 5.69 Å². The summed E-state index contributed by atoms with van der Waals surface area (Å²) in [5.74, 6) is 0. The summed E-state index contributed by atoms with van der Waals surface area (Å²) in [5.41, 5.74) is 13.4. The van der Waals surface area contributed by atoms with E-state index in [0.717, 1.165) is 24.2 Å². The maximum atomic E-state index is 6.43. The van der Waals surface area contributed by atoms with Gasteiger partial charge in [-0.25, -0.2) is 0 Å². The van der Waals surface area contributed by atoms with Crippen LogP contribution in [0.2, 0.25) is 0 Å². The molecule has 2 heteroatoms. The molecule has 2 aromatic rings. The van der Waals surface area contributed by atoms with Crippen LogP contribution < -0.4 is 10.6 Å². The van der Waals surface area contributed by atoms with Gasteiger partial charge in [0.25, 0.3) is 0 Å². The van der Waals surface area contributed by atoms with Gasteiger partial charge in [-0.15, -0.1) is 0 Å². The lowest BCUT2D eigenvalue weighted by Crippen LogP contribution is -2.29. The molecule has 0 fully saturated rings. The molecule has 0 unspecified atom stereocenters. The quantitative estimate of drug-likeness (QED) is 0.895. The molecule has 2 N–H and O–H groups in total. The fraction of sp³-hybridized carbons (Fsp3) is 0.100. The Morgan fingerprint density at radius 1 is 0.955 bits per heavy atom. The van der Waals surface area contributed by atoms with Crippen molar-refractivity contribution in [2.45, 2.75) is 13.0 Å². The largest absolute Gasteiger partial charge is 0.398 e. The van der Waals surface area contributed by atoms with E-state index in [-0.39, 0.29) is 0 Å². The molecule has 0 saturated carbocycles. The summed E-state index contributed by atoms with van der Waals surface area (Å²) in [6, 6.07) is 19.0. The molecule has 0 atom stereocenters. The van der Waals surface area contributed by atoms with E-state index in [1.807, 2.05) is 0 Å². The number of anilines is 1. The van der Waals surface area contributed by atoms with Crippen LogP contribution >= 0.6 is 0 Å². The zero-order valence-electron chi connectivity index (χ0n) is 12.4. The van der Waals surface area contributed by atoms with Crippen molar-refractivity contribution in [3.63, 3.8) is 0 Å². The standard InChI is InChI=1S/C20H18N2/c21-20-16-10-4-6-12-18(16)22(14-15-8-2-1-3-9-15)19-13-7-5-11-17(19)20/h1-10,12-13H,11,14,21H2. The Bertz CT molecular complexity index is 797. The van der Waals surface area contributed by atoms with Crippen LogP contribution in [0.25, 0.3) is 5.70 Å². The molecular weight excluding hydrogens is 268 g/mol. The zero-order chi connectivity index (χ0) is 14.9. The van der Waals surface area contributed by atoms with Gasteiger partial charge in [0.1, 0.15) is 0 Å². The molecule has 0 spiro atoms. The minimum Gasteiger partial charge on any atom is -0.398 e. The van der Waals surface area contributed by atoms with Gasteiger partial charge in [0.15, 0.2) is 0 Å². The van der Waals surface area contributed by atoms with Gasteiger partial charge in [-0.2, -0.15) is 0 Å². The third kappa shape index (κ3) is 2.04. The van der Waals surface area contributed by atoms with E-state index in [4.69, 9.17) is 5.73 Å². The Kier molecular flexibility index (Phi) is 3.08. The summed E-state index contributed by atoms with van der Waals surface area (Å²) in [7, 11) is 0. The number of rotatable bonds is 2. The van der Waals surface area contributed by atoms with E-state index in [2.05, 4.69) is 77.7 Å². The van der Waals surface area contributed by atoms with Crippen LogP contribution in [0.5, 0.6) is 0 Å². The molecule has 0 amide bonds. The molecule has 4 rings (SSSR count). The summed E-state index contributed by atoms with van der Waals surface area (Å²) >= 11 is 0. The number of allylic oxidation sites excluding steroid dienone is 4. The lowest BCUT2D eigenvalue weighted by molar-refractivity contribution is 0.891. The fourth-order valence-electron chi connectivity index (χ4n) is 3.22. The number of para-hydroxylation sites is 1. The molecular formula is C20H18N2. The Balaban J connectivity index is 1.85. The van der Waals surface area contributed by atoms with E-state index >= 15 is 0 Å². The van der Waals surface area contributed by atoms with Crippen molar-refractivity contribution in [2.24, 2.45) is 5.73 Å². The predicted octanol–water partition coefficient (Wildman–Crippen LogP) is 4.22. The van der Waals surface area contributed by atoms with E-state index in [1.165, 1.54) is 22.5 Å². The summed E-state index contributed by atoms with van der Waals surface area (Å²) in [4.78, 5) is 2.37. The van der Waals surface area contributed by atoms with Crippen molar-refractivity contribution in [3.8, 4) is 0 Å². The van der Waals surface area contributed by atoms with Gasteiger partial charge < -0.3 is 10.6 Å².